The Bertz CT molecular complexity index is 1100. The molecule has 0 amide bonds. The monoisotopic (exact) mass is 426 g/mol. The van der Waals surface area contributed by atoms with E-state index in [2.05, 4.69) is 10.3 Å². The van der Waals surface area contributed by atoms with Crippen molar-refractivity contribution in [3.63, 3.8) is 0 Å². The van der Waals surface area contributed by atoms with Crippen molar-refractivity contribution in [2.24, 2.45) is 0 Å². The standard InChI is InChI=1S/C23H20F2N4.ClH/c1-16(17-9-10-21(24)22(25)12-17)27-14-19-15-29(20-7-3-2-4-8-20)28-23(19)18-6-5-11-26-13-18;/h2-13,15-16,27H,14H2,1H3;1H. The first-order valence-electron chi connectivity index (χ1n) is 9.34. The van der Waals surface area contributed by atoms with Crippen molar-refractivity contribution in [3.8, 4) is 16.9 Å². The third-order valence-electron chi connectivity index (χ3n) is 4.79. The topological polar surface area (TPSA) is 42.7 Å². The van der Waals surface area contributed by atoms with Gasteiger partial charge in [0.2, 0.25) is 0 Å². The Morgan fingerprint density at radius 2 is 1.80 bits per heavy atom. The van der Waals surface area contributed by atoms with Crippen molar-refractivity contribution >= 4 is 12.4 Å². The highest BCUT2D eigenvalue weighted by atomic mass is 35.5. The van der Waals surface area contributed by atoms with E-state index in [0.29, 0.717) is 12.1 Å². The normalized spacial score (nSPS) is 11.7. The van der Waals surface area contributed by atoms with E-state index in [4.69, 9.17) is 5.10 Å². The number of nitrogens with zero attached hydrogens (tertiary/aromatic N) is 3. The number of benzene rings is 2. The van der Waals surface area contributed by atoms with E-state index in [-0.39, 0.29) is 18.4 Å². The van der Waals surface area contributed by atoms with Crippen LogP contribution in [0.25, 0.3) is 16.9 Å². The first kappa shape index (κ1) is 21.6. The van der Waals surface area contributed by atoms with Crippen molar-refractivity contribution in [3.05, 3.63) is 102 Å². The van der Waals surface area contributed by atoms with Gasteiger partial charge in [0, 0.05) is 42.3 Å². The van der Waals surface area contributed by atoms with Gasteiger partial charge in [0.25, 0.3) is 0 Å². The van der Waals surface area contributed by atoms with Crippen LogP contribution in [-0.2, 0) is 6.54 Å². The minimum Gasteiger partial charge on any atom is -0.306 e. The van der Waals surface area contributed by atoms with Crippen LogP contribution in [0, 0.1) is 11.6 Å². The van der Waals surface area contributed by atoms with E-state index < -0.39 is 11.6 Å². The Labute approximate surface area is 180 Å². The van der Waals surface area contributed by atoms with E-state index in [1.807, 2.05) is 60.3 Å². The predicted octanol–water partition coefficient (Wildman–Crippen LogP) is 5.49. The summed E-state index contributed by atoms with van der Waals surface area (Å²) in [6.45, 7) is 2.43. The van der Waals surface area contributed by atoms with Gasteiger partial charge < -0.3 is 5.32 Å². The average Bonchev–Trinajstić information content (AvgIpc) is 3.19. The van der Waals surface area contributed by atoms with Gasteiger partial charge in [0.1, 0.15) is 0 Å². The molecule has 0 radical (unpaired) electrons. The molecule has 7 heteroatoms. The number of pyridine rings is 1. The molecule has 4 rings (SSSR count). The molecular formula is C23H21ClF2N4. The quantitative estimate of drug-likeness (QED) is 0.443. The van der Waals surface area contributed by atoms with Gasteiger partial charge in [-0.3, -0.25) is 4.98 Å². The average molecular weight is 427 g/mol. The van der Waals surface area contributed by atoms with Crippen LogP contribution in [0.5, 0.6) is 0 Å². The first-order valence-corrected chi connectivity index (χ1v) is 9.34. The first-order chi connectivity index (χ1) is 14.1. The highest BCUT2D eigenvalue weighted by Crippen LogP contribution is 2.24. The van der Waals surface area contributed by atoms with E-state index >= 15 is 0 Å². The third kappa shape index (κ3) is 4.72. The zero-order valence-electron chi connectivity index (χ0n) is 16.3. The lowest BCUT2D eigenvalue weighted by Gasteiger charge is -2.14. The summed E-state index contributed by atoms with van der Waals surface area (Å²) in [7, 11) is 0. The predicted molar refractivity (Wildman–Crippen MR) is 116 cm³/mol. The van der Waals surface area contributed by atoms with Crippen LogP contribution in [-0.4, -0.2) is 14.8 Å². The number of para-hydroxylation sites is 1. The van der Waals surface area contributed by atoms with Crippen molar-refractivity contribution < 1.29 is 8.78 Å². The van der Waals surface area contributed by atoms with E-state index in [1.54, 1.807) is 18.5 Å². The fourth-order valence-corrected chi connectivity index (χ4v) is 3.16. The summed E-state index contributed by atoms with van der Waals surface area (Å²) in [5, 5.41) is 8.13. The molecule has 0 spiro atoms. The summed E-state index contributed by atoms with van der Waals surface area (Å²) in [6.07, 6.45) is 5.48. The second-order valence-electron chi connectivity index (χ2n) is 6.80. The Kier molecular flexibility index (Phi) is 6.92. The molecule has 30 heavy (non-hydrogen) atoms. The molecule has 4 nitrogen and oxygen atoms in total. The number of rotatable bonds is 6. The molecule has 2 aromatic carbocycles. The van der Waals surface area contributed by atoms with Crippen LogP contribution < -0.4 is 5.32 Å². The van der Waals surface area contributed by atoms with E-state index in [9.17, 15) is 8.78 Å². The SMILES string of the molecule is CC(NCc1cn(-c2ccccc2)nc1-c1cccnc1)c1ccc(F)c(F)c1.Cl. The second kappa shape index (κ2) is 9.61. The molecule has 0 aliphatic heterocycles. The second-order valence-corrected chi connectivity index (χ2v) is 6.80. The largest absolute Gasteiger partial charge is 0.306 e. The number of halogens is 3. The van der Waals surface area contributed by atoms with Gasteiger partial charge >= 0.3 is 0 Å². The lowest BCUT2D eigenvalue weighted by Crippen LogP contribution is -2.18. The van der Waals surface area contributed by atoms with E-state index in [1.165, 1.54) is 6.07 Å². The summed E-state index contributed by atoms with van der Waals surface area (Å²) in [5.41, 5.74) is 4.36. The summed E-state index contributed by atoms with van der Waals surface area (Å²) < 4.78 is 28.6. The number of nitrogens with one attached hydrogen (secondary N) is 1. The zero-order chi connectivity index (χ0) is 20.2. The van der Waals surface area contributed by atoms with Gasteiger partial charge in [-0.2, -0.15) is 5.10 Å². The highest BCUT2D eigenvalue weighted by Gasteiger charge is 2.15. The summed E-state index contributed by atoms with van der Waals surface area (Å²) in [4.78, 5) is 4.20. The van der Waals surface area contributed by atoms with E-state index in [0.717, 1.165) is 28.6 Å². The molecule has 0 fully saturated rings. The summed E-state index contributed by atoms with van der Waals surface area (Å²) in [5.74, 6) is -1.69. The smallest absolute Gasteiger partial charge is 0.159 e. The maximum Gasteiger partial charge on any atom is 0.159 e. The van der Waals surface area contributed by atoms with Gasteiger partial charge in [-0.25, -0.2) is 13.5 Å². The Balaban J connectivity index is 0.00000256. The van der Waals surface area contributed by atoms with Crippen LogP contribution in [0.2, 0.25) is 0 Å². The third-order valence-corrected chi connectivity index (χ3v) is 4.79. The molecular weight excluding hydrogens is 406 g/mol. The summed E-state index contributed by atoms with van der Waals surface area (Å²) in [6, 6.07) is 17.5. The fraction of sp³-hybridized carbons (Fsp3) is 0.130. The van der Waals surface area contributed by atoms with Gasteiger partial charge in [-0.15, -0.1) is 12.4 Å². The molecule has 1 atom stereocenters. The lowest BCUT2D eigenvalue weighted by atomic mass is 10.1. The molecule has 1 unspecified atom stereocenters. The highest BCUT2D eigenvalue weighted by molar-refractivity contribution is 5.85. The van der Waals surface area contributed by atoms with Crippen LogP contribution in [0.15, 0.2) is 79.3 Å². The maximum atomic E-state index is 13.6. The number of hydrogen-bond acceptors (Lipinski definition) is 3. The lowest BCUT2D eigenvalue weighted by molar-refractivity contribution is 0.500. The minimum atomic E-state index is -0.844. The zero-order valence-corrected chi connectivity index (χ0v) is 17.1. The number of aromatic nitrogens is 3. The van der Waals surface area contributed by atoms with Gasteiger partial charge in [-0.1, -0.05) is 24.3 Å². The molecule has 2 heterocycles. The van der Waals surface area contributed by atoms with Gasteiger partial charge in [-0.05, 0) is 48.9 Å². The van der Waals surface area contributed by atoms with Gasteiger partial charge in [0.15, 0.2) is 11.6 Å². The van der Waals surface area contributed by atoms with Crippen LogP contribution >= 0.6 is 12.4 Å². The van der Waals surface area contributed by atoms with Crippen molar-refractivity contribution in [1.82, 2.24) is 20.1 Å². The van der Waals surface area contributed by atoms with Crippen LogP contribution in [0.4, 0.5) is 8.78 Å². The summed E-state index contributed by atoms with van der Waals surface area (Å²) >= 11 is 0. The number of hydrogen-bond donors (Lipinski definition) is 1. The van der Waals surface area contributed by atoms with Gasteiger partial charge in [0.05, 0.1) is 11.4 Å². The molecule has 0 aliphatic carbocycles. The Morgan fingerprint density at radius 3 is 2.50 bits per heavy atom. The molecule has 154 valence electrons. The minimum absolute atomic E-state index is 0. The molecule has 4 aromatic rings. The fourth-order valence-electron chi connectivity index (χ4n) is 3.16. The van der Waals surface area contributed by atoms with Crippen LogP contribution in [0.3, 0.4) is 0 Å². The van der Waals surface area contributed by atoms with Crippen molar-refractivity contribution in [2.45, 2.75) is 19.5 Å². The molecule has 0 saturated carbocycles. The van der Waals surface area contributed by atoms with Crippen molar-refractivity contribution in [2.75, 3.05) is 0 Å². The van der Waals surface area contributed by atoms with Crippen LogP contribution in [0.1, 0.15) is 24.1 Å². The molecule has 0 bridgehead atoms. The molecule has 0 saturated heterocycles. The Hall–Kier alpha value is -3.09. The molecule has 2 aromatic heterocycles. The molecule has 1 N–H and O–H groups in total. The Morgan fingerprint density at radius 1 is 1.00 bits per heavy atom. The maximum absolute atomic E-state index is 13.6. The van der Waals surface area contributed by atoms with Crippen molar-refractivity contribution in [1.29, 1.82) is 0 Å². The molecule has 0 aliphatic rings.